The third-order valence-electron chi connectivity index (χ3n) is 4.92. The molecular formula is C21H26FN3O3S. The number of sulfonamides is 1. The molecule has 0 spiro atoms. The lowest BCUT2D eigenvalue weighted by molar-refractivity contribution is -0.119. The maximum absolute atomic E-state index is 13.1. The van der Waals surface area contributed by atoms with Gasteiger partial charge >= 0.3 is 0 Å². The number of amides is 1. The summed E-state index contributed by atoms with van der Waals surface area (Å²) < 4.78 is 38.2. The Balaban J connectivity index is 1.55. The quantitative estimate of drug-likeness (QED) is 0.714. The zero-order valence-electron chi connectivity index (χ0n) is 16.5. The summed E-state index contributed by atoms with van der Waals surface area (Å²) in [5.41, 5.74) is 2.42. The molecule has 0 aliphatic carbocycles. The number of rotatable bonds is 8. The molecule has 0 radical (unpaired) electrons. The Morgan fingerprint density at radius 3 is 2.21 bits per heavy atom. The van der Waals surface area contributed by atoms with E-state index in [0.717, 1.165) is 47.9 Å². The Labute approximate surface area is 171 Å². The van der Waals surface area contributed by atoms with Crippen molar-refractivity contribution in [2.75, 3.05) is 30.2 Å². The molecule has 0 atom stereocenters. The smallest absolute Gasteiger partial charge is 0.241 e. The third kappa shape index (κ3) is 6.27. The second-order valence-electron chi connectivity index (χ2n) is 7.32. The first kappa shape index (κ1) is 21.3. The largest absolute Gasteiger partial charge is 0.350 e. The minimum Gasteiger partial charge on any atom is -0.350 e. The number of carbonyl (C=O) groups excluding carboxylic acids is 1. The zero-order chi connectivity index (χ0) is 20.9. The van der Waals surface area contributed by atoms with Crippen molar-refractivity contribution in [2.45, 2.75) is 25.9 Å². The average molecular weight is 420 g/mol. The van der Waals surface area contributed by atoms with Crippen molar-refractivity contribution in [3.05, 3.63) is 65.5 Å². The average Bonchev–Trinajstić information content (AvgIpc) is 3.19. The number of hydrogen-bond acceptors (Lipinski definition) is 4. The van der Waals surface area contributed by atoms with Crippen LogP contribution in [0.5, 0.6) is 0 Å². The minimum atomic E-state index is -3.68. The molecule has 1 aliphatic heterocycles. The monoisotopic (exact) mass is 419 g/mol. The summed E-state index contributed by atoms with van der Waals surface area (Å²) >= 11 is 0. The fraction of sp³-hybridized carbons (Fsp3) is 0.381. The van der Waals surface area contributed by atoms with E-state index in [9.17, 15) is 17.6 Å². The van der Waals surface area contributed by atoms with E-state index in [1.54, 1.807) is 0 Å². The van der Waals surface area contributed by atoms with E-state index in [1.165, 1.54) is 30.5 Å². The molecule has 0 aromatic heterocycles. The fourth-order valence-corrected chi connectivity index (χ4v) is 4.21. The number of nitrogens with one attached hydrogen (secondary N) is 1. The van der Waals surface area contributed by atoms with Crippen LogP contribution in [0.2, 0.25) is 0 Å². The lowest BCUT2D eigenvalue weighted by Crippen LogP contribution is -2.40. The molecule has 1 amide bonds. The third-order valence-corrected chi connectivity index (χ3v) is 6.06. The van der Waals surface area contributed by atoms with Crippen LogP contribution >= 0.6 is 0 Å². The Hall–Kier alpha value is -2.45. The Morgan fingerprint density at radius 2 is 1.62 bits per heavy atom. The van der Waals surface area contributed by atoms with Crippen molar-refractivity contribution in [1.29, 1.82) is 0 Å². The molecule has 156 valence electrons. The molecule has 1 saturated heterocycles. The van der Waals surface area contributed by atoms with Gasteiger partial charge in [-0.2, -0.15) is 0 Å². The highest BCUT2D eigenvalue weighted by molar-refractivity contribution is 7.92. The number of benzene rings is 2. The number of likely N-dealkylation sites (tertiary alicyclic amines) is 1. The predicted octanol–water partition coefficient (Wildman–Crippen LogP) is 2.50. The highest BCUT2D eigenvalue weighted by Gasteiger charge is 2.20. The molecule has 0 unspecified atom stereocenters. The highest BCUT2D eigenvalue weighted by atomic mass is 32.2. The van der Waals surface area contributed by atoms with Gasteiger partial charge in [0.2, 0.25) is 15.9 Å². The summed E-state index contributed by atoms with van der Waals surface area (Å²) in [7, 11) is -3.68. The molecule has 3 rings (SSSR count). The van der Waals surface area contributed by atoms with Gasteiger partial charge in [0.1, 0.15) is 12.4 Å². The molecule has 2 aromatic carbocycles. The molecule has 29 heavy (non-hydrogen) atoms. The summed E-state index contributed by atoms with van der Waals surface area (Å²) in [6.07, 6.45) is 3.53. The van der Waals surface area contributed by atoms with E-state index in [-0.39, 0.29) is 12.2 Å². The first-order valence-electron chi connectivity index (χ1n) is 9.61. The number of halogens is 1. The fourth-order valence-electron chi connectivity index (χ4n) is 3.36. The zero-order valence-corrected chi connectivity index (χ0v) is 17.3. The van der Waals surface area contributed by atoms with Gasteiger partial charge in [-0.1, -0.05) is 24.3 Å². The molecule has 6 nitrogen and oxygen atoms in total. The van der Waals surface area contributed by atoms with Gasteiger partial charge in [-0.05, 0) is 61.3 Å². The van der Waals surface area contributed by atoms with Crippen molar-refractivity contribution in [3.8, 4) is 0 Å². The van der Waals surface area contributed by atoms with Crippen molar-refractivity contribution >= 4 is 21.6 Å². The van der Waals surface area contributed by atoms with Crippen molar-refractivity contribution in [3.63, 3.8) is 0 Å². The van der Waals surface area contributed by atoms with Gasteiger partial charge in [0.15, 0.2) is 0 Å². The van der Waals surface area contributed by atoms with Gasteiger partial charge in [-0.25, -0.2) is 12.8 Å². The maximum atomic E-state index is 13.1. The van der Waals surface area contributed by atoms with E-state index < -0.39 is 21.7 Å². The summed E-state index contributed by atoms with van der Waals surface area (Å²) in [6, 6.07) is 13.1. The van der Waals surface area contributed by atoms with Gasteiger partial charge in [0.25, 0.3) is 0 Å². The van der Waals surface area contributed by atoms with Gasteiger partial charge < -0.3 is 5.32 Å². The van der Waals surface area contributed by atoms with E-state index >= 15 is 0 Å². The van der Waals surface area contributed by atoms with Gasteiger partial charge in [0.05, 0.1) is 11.9 Å². The summed E-state index contributed by atoms with van der Waals surface area (Å²) in [4.78, 5) is 14.7. The Kier molecular flexibility index (Phi) is 6.87. The van der Waals surface area contributed by atoms with Crippen LogP contribution in [0.25, 0.3) is 0 Å². The van der Waals surface area contributed by atoms with Crippen molar-refractivity contribution in [2.24, 2.45) is 0 Å². The maximum Gasteiger partial charge on any atom is 0.241 e. The minimum absolute atomic E-state index is 0.246. The van der Waals surface area contributed by atoms with Crippen LogP contribution in [0.15, 0.2) is 48.5 Å². The molecule has 1 aliphatic rings. The topological polar surface area (TPSA) is 69.7 Å². The van der Waals surface area contributed by atoms with E-state index in [0.29, 0.717) is 6.54 Å². The van der Waals surface area contributed by atoms with E-state index in [1.807, 2.05) is 12.1 Å². The van der Waals surface area contributed by atoms with Crippen LogP contribution in [-0.2, 0) is 27.9 Å². The van der Waals surface area contributed by atoms with Crippen LogP contribution in [0.4, 0.5) is 10.1 Å². The molecular weight excluding hydrogens is 393 g/mol. The van der Waals surface area contributed by atoms with Crippen molar-refractivity contribution < 1.29 is 17.6 Å². The lowest BCUT2D eigenvalue weighted by Gasteiger charge is -2.22. The number of carbonyl (C=O) groups is 1. The predicted molar refractivity (Wildman–Crippen MR) is 111 cm³/mol. The SMILES string of the molecule is CS(=O)(=O)N(CC(=O)NCc1ccc(CN2CCCC2)cc1)c1ccc(F)cc1. The van der Waals surface area contributed by atoms with E-state index in [4.69, 9.17) is 0 Å². The molecule has 1 heterocycles. The highest BCUT2D eigenvalue weighted by Crippen LogP contribution is 2.18. The standard InChI is InChI=1S/C21H26FN3O3S/c1-29(27,28)25(20-10-8-19(22)9-11-20)16-21(26)23-14-17-4-6-18(7-5-17)15-24-12-2-3-13-24/h4-11H,2-3,12-16H2,1H3,(H,23,26). The second kappa shape index (κ2) is 9.37. The lowest BCUT2D eigenvalue weighted by atomic mass is 10.1. The van der Waals surface area contributed by atoms with Crippen LogP contribution in [0.3, 0.4) is 0 Å². The van der Waals surface area contributed by atoms with Crippen LogP contribution < -0.4 is 9.62 Å². The van der Waals surface area contributed by atoms with Gasteiger partial charge in [-0.3, -0.25) is 14.0 Å². The molecule has 2 aromatic rings. The molecule has 8 heteroatoms. The van der Waals surface area contributed by atoms with Crippen molar-refractivity contribution in [1.82, 2.24) is 10.2 Å². The number of nitrogens with zero attached hydrogens (tertiary/aromatic N) is 2. The number of anilines is 1. The second-order valence-corrected chi connectivity index (χ2v) is 9.23. The van der Waals surface area contributed by atoms with Gasteiger partial charge in [-0.15, -0.1) is 0 Å². The molecule has 1 N–H and O–H groups in total. The van der Waals surface area contributed by atoms with Crippen LogP contribution in [0, 0.1) is 5.82 Å². The normalized spacial score (nSPS) is 14.7. The summed E-state index contributed by atoms with van der Waals surface area (Å²) in [5, 5.41) is 2.75. The van der Waals surface area contributed by atoms with E-state index in [2.05, 4.69) is 22.3 Å². The van der Waals surface area contributed by atoms with Crippen LogP contribution in [-0.4, -0.2) is 45.1 Å². The molecule has 0 bridgehead atoms. The van der Waals surface area contributed by atoms with Crippen LogP contribution in [0.1, 0.15) is 24.0 Å². The Bertz CT molecular complexity index is 925. The molecule has 1 fully saturated rings. The summed E-state index contributed by atoms with van der Waals surface area (Å²) in [5.74, 6) is -0.902. The summed E-state index contributed by atoms with van der Waals surface area (Å²) in [6.45, 7) is 3.17. The molecule has 0 saturated carbocycles. The Morgan fingerprint density at radius 1 is 1.03 bits per heavy atom. The first-order chi connectivity index (χ1) is 13.8. The van der Waals surface area contributed by atoms with Gasteiger partial charge in [0, 0.05) is 13.1 Å². The number of hydrogen-bond donors (Lipinski definition) is 1. The first-order valence-corrected chi connectivity index (χ1v) is 11.5.